The lowest BCUT2D eigenvalue weighted by molar-refractivity contribution is -0.144. The van der Waals surface area contributed by atoms with E-state index in [4.69, 9.17) is 9.47 Å². The summed E-state index contributed by atoms with van der Waals surface area (Å²) in [6, 6.07) is 0. The smallest absolute Gasteiger partial charge is 0.167 e. The molecule has 1 fully saturated rings. The van der Waals surface area contributed by atoms with Crippen LogP contribution in [0.2, 0.25) is 0 Å². The third-order valence-corrected chi connectivity index (χ3v) is 1.52. The quantitative estimate of drug-likeness (QED) is 0.560. The zero-order chi connectivity index (χ0) is 8.10. The largest absolute Gasteiger partial charge is 0.376 e. The Labute approximate surface area is 66.0 Å². The van der Waals surface area contributed by atoms with E-state index in [1.165, 1.54) is 0 Å². The number of carbonyl (C=O) groups is 1. The van der Waals surface area contributed by atoms with Crippen molar-refractivity contribution in [3.63, 3.8) is 0 Å². The van der Waals surface area contributed by atoms with Gasteiger partial charge in [0.05, 0.1) is 19.8 Å². The van der Waals surface area contributed by atoms with E-state index in [1.807, 2.05) is 0 Å². The highest BCUT2D eigenvalue weighted by Crippen LogP contribution is 2.03. The van der Waals surface area contributed by atoms with Crippen LogP contribution in [0, 0.1) is 0 Å². The molecule has 0 aromatic carbocycles. The molecule has 1 atom stereocenters. The van der Waals surface area contributed by atoms with E-state index in [9.17, 15) is 4.79 Å². The fourth-order valence-electron chi connectivity index (χ4n) is 0.947. The first-order valence-corrected chi connectivity index (χ1v) is 3.67. The lowest BCUT2D eigenvalue weighted by atomic mass is 10.2. The number of ether oxygens (including phenoxy) is 2. The minimum Gasteiger partial charge on any atom is -0.376 e. The normalized spacial score (nSPS) is 24.5. The van der Waals surface area contributed by atoms with Crippen LogP contribution < -0.4 is 0 Å². The molecule has 0 aromatic heterocycles. The van der Waals surface area contributed by atoms with Gasteiger partial charge in [-0.2, -0.15) is 0 Å². The first-order chi connectivity index (χ1) is 5.34. The number of hydrogen-bond acceptors (Lipinski definition) is 3. The molecule has 11 heavy (non-hydrogen) atoms. The minimum absolute atomic E-state index is 0.0553. The van der Waals surface area contributed by atoms with E-state index in [-0.39, 0.29) is 11.9 Å². The van der Waals surface area contributed by atoms with E-state index in [0.717, 1.165) is 0 Å². The first kappa shape index (κ1) is 8.43. The maximum absolute atomic E-state index is 11.1. The van der Waals surface area contributed by atoms with Crippen molar-refractivity contribution in [3.8, 4) is 0 Å². The van der Waals surface area contributed by atoms with Gasteiger partial charge in [0.1, 0.15) is 6.10 Å². The Hall–Kier alpha value is -0.670. The highest BCUT2D eigenvalue weighted by atomic mass is 16.6. The van der Waals surface area contributed by atoms with Crippen LogP contribution in [0.3, 0.4) is 0 Å². The Morgan fingerprint density at radius 2 is 2.45 bits per heavy atom. The van der Waals surface area contributed by atoms with E-state index in [2.05, 4.69) is 6.58 Å². The summed E-state index contributed by atoms with van der Waals surface area (Å²) in [5.74, 6) is 0.0553. The SMILES string of the molecule is C=CCC(=O)C1COCCO1. The Morgan fingerprint density at radius 1 is 1.64 bits per heavy atom. The van der Waals surface area contributed by atoms with Gasteiger partial charge >= 0.3 is 0 Å². The second kappa shape index (κ2) is 4.26. The molecule has 1 aliphatic heterocycles. The van der Waals surface area contributed by atoms with Crippen LogP contribution >= 0.6 is 0 Å². The fraction of sp³-hybridized carbons (Fsp3) is 0.625. The monoisotopic (exact) mass is 156 g/mol. The molecule has 0 aromatic rings. The van der Waals surface area contributed by atoms with Gasteiger partial charge in [0.15, 0.2) is 5.78 Å². The van der Waals surface area contributed by atoms with Gasteiger partial charge in [-0.05, 0) is 0 Å². The molecule has 62 valence electrons. The molecule has 0 aliphatic carbocycles. The summed E-state index contributed by atoms with van der Waals surface area (Å²) >= 11 is 0. The van der Waals surface area contributed by atoms with Gasteiger partial charge in [0.25, 0.3) is 0 Å². The average Bonchev–Trinajstić information content (AvgIpc) is 2.07. The van der Waals surface area contributed by atoms with Crippen molar-refractivity contribution in [1.29, 1.82) is 0 Å². The molecule has 1 saturated heterocycles. The molecule has 0 spiro atoms. The molecule has 0 saturated carbocycles. The van der Waals surface area contributed by atoms with E-state index >= 15 is 0 Å². The summed E-state index contributed by atoms with van der Waals surface area (Å²) in [5, 5.41) is 0. The number of rotatable bonds is 3. The molecule has 1 aliphatic rings. The van der Waals surface area contributed by atoms with Crippen LogP contribution in [0.1, 0.15) is 6.42 Å². The van der Waals surface area contributed by atoms with Gasteiger partial charge in [-0.15, -0.1) is 6.58 Å². The summed E-state index contributed by atoms with van der Waals surface area (Å²) < 4.78 is 10.2. The number of allylic oxidation sites excluding steroid dienone is 1. The van der Waals surface area contributed by atoms with Crippen molar-refractivity contribution in [2.45, 2.75) is 12.5 Å². The highest BCUT2D eigenvalue weighted by molar-refractivity contribution is 5.84. The number of carbonyl (C=O) groups excluding carboxylic acids is 1. The second-order valence-electron chi connectivity index (χ2n) is 2.39. The van der Waals surface area contributed by atoms with Crippen LogP contribution in [-0.2, 0) is 14.3 Å². The topological polar surface area (TPSA) is 35.5 Å². The maximum atomic E-state index is 11.1. The predicted octanol–water partition coefficient (Wildman–Crippen LogP) is 0.547. The lowest BCUT2D eigenvalue weighted by Gasteiger charge is -2.20. The molecular weight excluding hydrogens is 144 g/mol. The number of ketones is 1. The summed E-state index contributed by atoms with van der Waals surface area (Å²) in [6.45, 7) is 4.99. The van der Waals surface area contributed by atoms with E-state index < -0.39 is 0 Å². The Balaban J connectivity index is 2.32. The summed E-state index contributed by atoms with van der Waals surface area (Å²) in [4.78, 5) is 11.1. The molecular formula is C8H12O3. The van der Waals surface area contributed by atoms with Crippen LogP contribution in [0.15, 0.2) is 12.7 Å². The van der Waals surface area contributed by atoms with Crippen LogP contribution in [0.4, 0.5) is 0 Å². The third-order valence-electron chi connectivity index (χ3n) is 1.52. The van der Waals surface area contributed by atoms with Gasteiger partial charge in [-0.25, -0.2) is 0 Å². The summed E-state index contributed by atoms with van der Waals surface area (Å²) in [6.07, 6.45) is 1.59. The number of Topliss-reactive ketones (excluding diaryl/α,β-unsaturated/α-hetero) is 1. The molecule has 3 heteroatoms. The molecule has 0 radical (unpaired) electrons. The zero-order valence-corrected chi connectivity index (χ0v) is 6.41. The van der Waals surface area contributed by atoms with Crippen molar-refractivity contribution in [1.82, 2.24) is 0 Å². The van der Waals surface area contributed by atoms with E-state index in [1.54, 1.807) is 6.08 Å². The maximum Gasteiger partial charge on any atom is 0.167 e. The van der Waals surface area contributed by atoms with Crippen molar-refractivity contribution in [3.05, 3.63) is 12.7 Å². The highest BCUT2D eigenvalue weighted by Gasteiger charge is 2.20. The lowest BCUT2D eigenvalue weighted by Crippen LogP contribution is -2.35. The minimum atomic E-state index is -0.359. The fourth-order valence-corrected chi connectivity index (χ4v) is 0.947. The van der Waals surface area contributed by atoms with Gasteiger partial charge in [-0.1, -0.05) is 6.08 Å². The Bertz CT molecular complexity index is 147. The Kier molecular flexibility index (Phi) is 3.26. The van der Waals surface area contributed by atoms with Gasteiger partial charge in [-0.3, -0.25) is 4.79 Å². The molecule has 1 unspecified atom stereocenters. The van der Waals surface area contributed by atoms with Crippen LogP contribution in [-0.4, -0.2) is 31.7 Å². The molecule has 1 rings (SSSR count). The second-order valence-corrected chi connectivity index (χ2v) is 2.39. The van der Waals surface area contributed by atoms with Crippen molar-refractivity contribution in [2.75, 3.05) is 19.8 Å². The van der Waals surface area contributed by atoms with Crippen molar-refractivity contribution < 1.29 is 14.3 Å². The molecule has 0 N–H and O–H groups in total. The first-order valence-electron chi connectivity index (χ1n) is 3.67. The molecule has 3 nitrogen and oxygen atoms in total. The standard InChI is InChI=1S/C8H12O3/c1-2-3-7(9)8-6-10-4-5-11-8/h2,8H,1,3-6H2. The summed E-state index contributed by atoms with van der Waals surface area (Å²) in [5.41, 5.74) is 0. The zero-order valence-electron chi connectivity index (χ0n) is 6.41. The molecule has 0 amide bonds. The molecule has 1 heterocycles. The van der Waals surface area contributed by atoms with Gasteiger partial charge < -0.3 is 9.47 Å². The van der Waals surface area contributed by atoms with Gasteiger partial charge in [0, 0.05) is 6.42 Å². The van der Waals surface area contributed by atoms with Crippen molar-refractivity contribution in [2.24, 2.45) is 0 Å². The Morgan fingerprint density at radius 3 is 3.00 bits per heavy atom. The van der Waals surface area contributed by atoms with Crippen LogP contribution in [0.5, 0.6) is 0 Å². The summed E-state index contributed by atoms with van der Waals surface area (Å²) in [7, 11) is 0. The molecule has 0 bridgehead atoms. The number of hydrogen-bond donors (Lipinski definition) is 0. The predicted molar refractivity (Wildman–Crippen MR) is 40.4 cm³/mol. The van der Waals surface area contributed by atoms with E-state index in [0.29, 0.717) is 26.2 Å². The van der Waals surface area contributed by atoms with Crippen LogP contribution in [0.25, 0.3) is 0 Å². The average molecular weight is 156 g/mol. The third kappa shape index (κ3) is 2.44. The van der Waals surface area contributed by atoms with Gasteiger partial charge in [0.2, 0.25) is 0 Å². The van der Waals surface area contributed by atoms with Crippen molar-refractivity contribution >= 4 is 5.78 Å².